The van der Waals surface area contributed by atoms with E-state index in [4.69, 9.17) is 4.74 Å². The Morgan fingerprint density at radius 2 is 1.47 bits per heavy atom. The molecule has 11 nitrogen and oxygen atoms in total. The van der Waals surface area contributed by atoms with Crippen molar-refractivity contribution in [2.24, 2.45) is 29.1 Å². The summed E-state index contributed by atoms with van der Waals surface area (Å²) in [6.07, 6.45) is 5.29. The summed E-state index contributed by atoms with van der Waals surface area (Å²) in [7, 11) is 1.37. The number of ether oxygens (including phenoxy) is 1. The molecule has 4 N–H and O–H groups in total. The number of amides is 4. The quantitative estimate of drug-likeness (QED) is 0.222. The fraction of sp³-hybridized carbons (Fsp3) is 0.781. The number of hydrogen-bond acceptors (Lipinski definition) is 7. The number of esters is 1. The van der Waals surface area contributed by atoms with E-state index < -0.39 is 35.4 Å². The zero-order valence-electron chi connectivity index (χ0n) is 27.1. The Hall–Kier alpha value is -2.95. The average Bonchev–Trinajstić information content (AvgIpc) is 3.70. The number of hydrogen-bond donors (Lipinski definition) is 4. The van der Waals surface area contributed by atoms with E-state index in [0.29, 0.717) is 44.5 Å². The number of nitrogens with one attached hydrogen (secondary N) is 4. The fourth-order valence-corrected chi connectivity index (χ4v) is 6.32. The Morgan fingerprint density at radius 3 is 2.00 bits per heavy atom. The lowest BCUT2D eigenvalue weighted by Gasteiger charge is -2.35. The third kappa shape index (κ3) is 9.27. The number of piperidine rings is 1. The Kier molecular flexibility index (Phi) is 12.2. The minimum absolute atomic E-state index is 0.0840. The lowest BCUT2D eigenvalue weighted by molar-refractivity contribution is -0.152. The number of fused-ring (bicyclic) bond motifs is 1. The molecule has 43 heavy (non-hydrogen) atoms. The molecule has 0 bridgehead atoms. The molecule has 0 aromatic heterocycles. The van der Waals surface area contributed by atoms with Crippen molar-refractivity contribution >= 4 is 29.6 Å². The first kappa shape index (κ1) is 34.5. The van der Waals surface area contributed by atoms with Gasteiger partial charge in [0.15, 0.2) is 0 Å². The zero-order valence-corrected chi connectivity index (χ0v) is 27.1. The summed E-state index contributed by atoms with van der Waals surface area (Å²) < 4.78 is 5.04. The van der Waals surface area contributed by atoms with Gasteiger partial charge in [0.25, 0.3) is 0 Å². The van der Waals surface area contributed by atoms with Crippen molar-refractivity contribution in [3.63, 3.8) is 0 Å². The first-order chi connectivity index (χ1) is 20.3. The summed E-state index contributed by atoms with van der Waals surface area (Å²) in [5, 5.41) is 11.9. The molecular formula is C32H53N5O6. The van der Waals surface area contributed by atoms with Gasteiger partial charge < -0.3 is 30.9 Å². The van der Waals surface area contributed by atoms with Crippen molar-refractivity contribution in [3.8, 4) is 0 Å². The van der Waals surface area contributed by atoms with E-state index in [9.17, 15) is 24.0 Å². The van der Waals surface area contributed by atoms with Gasteiger partial charge >= 0.3 is 5.97 Å². The summed E-state index contributed by atoms with van der Waals surface area (Å²) in [5.41, 5.74) is -0.0356. The highest BCUT2D eigenvalue weighted by Crippen LogP contribution is 2.58. The second-order valence-electron chi connectivity index (χ2n) is 13.8. The molecule has 5 atom stereocenters. The van der Waals surface area contributed by atoms with Crippen LogP contribution in [0, 0.1) is 29.1 Å². The van der Waals surface area contributed by atoms with Crippen LogP contribution in [0.1, 0.15) is 80.1 Å². The number of carbonyl (C=O) groups excluding carboxylic acids is 5. The van der Waals surface area contributed by atoms with Crippen LogP contribution in [0.2, 0.25) is 0 Å². The van der Waals surface area contributed by atoms with Crippen molar-refractivity contribution in [3.05, 3.63) is 11.6 Å². The normalized spacial score (nSPS) is 23.5. The Labute approximate surface area is 256 Å². The minimum Gasteiger partial charge on any atom is -0.469 e. The third-order valence-electron chi connectivity index (χ3n) is 8.67. The third-order valence-corrected chi connectivity index (χ3v) is 8.67. The average molecular weight is 604 g/mol. The fourth-order valence-electron chi connectivity index (χ4n) is 6.32. The maximum Gasteiger partial charge on any atom is 0.313 e. The lowest BCUT2D eigenvalue weighted by atomic mass is 9.95. The molecule has 1 saturated heterocycles. The minimum atomic E-state index is -0.882. The number of nitrogens with zero attached hydrogens (tertiary/aromatic N) is 1. The molecule has 2 unspecified atom stereocenters. The molecule has 0 aromatic rings. The van der Waals surface area contributed by atoms with Crippen LogP contribution >= 0.6 is 0 Å². The summed E-state index contributed by atoms with van der Waals surface area (Å²) >= 11 is 0. The van der Waals surface area contributed by atoms with Crippen LogP contribution in [-0.4, -0.2) is 85.9 Å². The first-order valence-corrected chi connectivity index (χ1v) is 16.0. The van der Waals surface area contributed by atoms with E-state index in [-0.39, 0.29) is 41.5 Å². The highest BCUT2D eigenvalue weighted by molar-refractivity contribution is 5.98. The smallest absolute Gasteiger partial charge is 0.313 e. The molecule has 2 aliphatic heterocycles. The van der Waals surface area contributed by atoms with Crippen molar-refractivity contribution in [2.75, 3.05) is 33.3 Å². The van der Waals surface area contributed by atoms with Crippen LogP contribution in [0.3, 0.4) is 0 Å². The van der Waals surface area contributed by atoms with E-state index in [1.807, 2.05) is 47.6 Å². The maximum absolute atomic E-state index is 13.8. The molecule has 2 fully saturated rings. The van der Waals surface area contributed by atoms with Crippen molar-refractivity contribution < 1.29 is 28.7 Å². The molecule has 3 aliphatic rings. The van der Waals surface area contributed by atoms with Crippen LogP contribution in [0.25, 0.3) is 0 Å². The summed E-state index contributed by atoms with van der Waals surface area (Å²) in [4.78, 5) is 68.1. The molecule has 1 saturated carbocycles. The van der Waals surface area contributed by atoms with E-state index in [0.717, 1.165) is 25.8 Å². The number of rotatable bonds is 14. The predicted molar refractivity (Wildman–Crippen MR) is 163 cm³/mol. The summed E-state index contributed by atoms with van der Waals surface area (Å²) in [6, 6.07) is -2.48. The van der Waals surface area contributed by atoms with Crippen LogP contribution in [0.15, 0.2) is 11.6 Å². The van der Waals surface area contributed by atoms with Gasteiger partial charge in [-0.3, -0.25) is 24.0 Å². The van der Waals surface area contributed by atoms with Crippen LogP contribution in [-0.2, 0) is 28.7 Å². The van der Waals surface area contributed by atoms with Crippen molar-refractivity contribution in [1.29, 1.82) is 0 Å². The van der Waals surface area contributed by atoms with Gasteiger partial charge in [-0.2, -0.15) is 0 Å². The zero-order chi connectivity index (χ0) is 31.9. The van der Waals surface area contributed by atoms with E-state index in [1.54, 1.807) is 4.90 Å². The lowest BCUT2D eigenvalue weighted by Crippen LogP contribution is -2.58. The van der Waals surface area contributed by atoms with Gasteiger partial charge in [-0.1, -0.05) is 47.6 Å². The van der Waals surface area contributed by atoms with Gasteiger partial charge in [0.2, 0.25) is 23.6 Å². The first-order valence-electron chi connectivity index (χ1n) is 16.0. The van der Waals surface area contributed by atoms with Gasteiger partial charge in [-0.05, 0) is 68.7 Å². The van der Waals surface area contributed by atoms with Gasteiger partial charge in [0, 0.05) is 25.2 Å². The Bertz CT molecular complexity index is 1070. The molecule has 0 radical (unpaired) electrons. The Morgan fingerprint density at radius 1 is 0.907 bits per heavy atom. The number of methoxy groups -OCH3 is 1. The van der Waals surface area contributed by atoms with E-state index >= 15 is 0 Å². The molecule has 242 valence electrons. The van der Waals surface area contributed by atoms with Crippen molar-refractivity contribution in [1.82, 2.24) is 26.2 Å². The molecule has 11 heteroatoms. The van der Waals surface area contributed by atoms with Gasteiger partial charge in [0.1, 0.15) is 18.1 Å². The molecule has 1 aliphatic carbocycles. The highest BCUT2D eigenvalue weighted by atomic mass is 16.5. The highest BCUT2D eigenvalue weighted by Gasteiger charge is 2.63. The molecule has 0 spiro atoms. The van der Waals surface area contributed by atoms with E-state index in [2.05, 4.69) is 21.3 Å². The summed E-state index contributed by atoms with van der Waals surface area (Å²) in [6.45, 7) is 13.9. The monoisotopic (exact) mass is 603 g/mol. The van der Waals surface area contributed by atoms with E-state index in [1.165, 1.54) is 7.11 Å². The SMILES string of the molecule is COC(=O)C12CC1CCN(C(=O)[C@H](CC(C)C)NC(=O)[C@H](CC(C)C)NC(=O)[C@H](CC(C)C)NC(=O)C1=CCCNC1)C2. The van der Waals surface area contributed by atoms with Gasteiger partial charge in [-0.25, -0.2) is 0 Å². The Balaban J connectivity index is 1.73. The van der Waals surface area contributed by atoms with Crippen molar-refractivity contribution in [2.45, 2.75) is 98.2 Å². The maximum atomic E-state index is 13.8. The second-order valence-corrected chi connectivity index (χ2v) is 13.8. The number of carbonyl (C=O) groups is 5. The predicted octanol–water partition coefficient (Wildman–Crippen LogP) is 1.91. The van der Waals surface area contributed by atoms with Gasteiger partial charge in [-0.15, -0.1) is 0 Å². The molecule has 2 heterocycles. The van der Waals surface area contributed by atoms with Crippen LogP contribution in [0.5, 0.6) is 0 Å². The van der Waals surface area contributed by atoms with Crippen LogP contribution in [0.4, 0.5) is 0 Å². The van der Waals surface area contributed by atoms with Crippen LogP contribution < -0.4 is 21.3 Å². The van der Waals surface area contributed by atoms with Gasteiger partial charge in [0.05, 0.1) is 12.5 Å². The molecule has 3 rings (SSSR count). The number of likely N-dealkylation sites (tertiary alicyclic amines) is 1. The standard InChI is InChI=1S/C32H53N5O6/c1-19(2)13-24(34-27(38)22-9-8-11-33-17-22)28(39)35-25(14-20(3)4)29(40)36-26(15-21(5)6)30(41)37-12-10-23-16-32(23,18-37)31(42)43-7/h9,19-21,23-26,33H,8,10-18H2,1-7H3,(H,34,38)(H,35,39)(H,36,40)/t23?,24-,25-,26-,32?/m0/s1. The molecular weight excluding hydrogens is 550 g/mol. The molecule has 4 amide bonds. The second kappa shape index (κ2) is 15.2. The summed E-state index contributed by atoms with van der Waals surface area (Å²) in [5.74, 6) is -1.07. The largest absolute Gasteiger partial charge is 0.469 e. The molecule has 0 aromatic carbocycles. The topological polar surface area (TPSA) is 146 Å².